The summed E-state index contributed by atoms with van der Waals surface area (Å²) >= 11 is 0. The molecule has 1 aliphatic rings. The molecule has 0 spiro atoms. The van der Waals surface area contributed by atoms with Crippen LogP contribution in [0.1, 0.15) is 44.9 Å². The van der Waals surface area contributed by atoms with Crippen LogP contribution in [0.5, 0.6) is 11.8 Å². The Morgan fingerprint density at radius 2 is 1.90 bits per heavy atom. The smallest absolute Gasteiger partial charge is 0.410 e. The van der Waals surface area contributed by atoms with Crippen molar-refractivity contribution in [2.24, 2.45) is 5.16 Å². The normalized spacial score (nSPS) is 15.2. The predicted molar refractivity (Wildman–Crippen MR) is 111 cm³/mol. The molecule has 1 amide bonds. The largest absolute Gasteiger partial charge is 0.474 e. The molecule has 30 heavy (non-hydrogen) atoms. The molecule has 0 saturated carbocycles. The second-order valence-corrected chi connectivity index (χ2v) is 7.33. The molecule has 9 nitrogen and oxygen atoms in total. The lowest BCUT2D eigenvalue weighted by Crippen LogP contribution is -2.42. The van der Waals surface area contributed by atoms with E-state index >= 15 is 0 Å². The van der Waals surface area contributed by atoms with Gasteiger partial charge >= 0.3 is 6.09 Å². The molecular formula is C21H27N5O4. The molecule has 2 aromatic heterocycles. The molecule has 1 saturated heterocycles. The van der Waals surface area contributed by atoms with Crippen LogP contribution in [0.3, 0.4) is 0 Å². The number of oxime groups is 1. The fourth-order valence-corrected chi connectivity index (χ4v) is 2.96. The summed E-state index contributed by atoms with van der Waals surface area (Å²) in [6, 6.07) is 5.58. The second kappa shape index (κ2) is 10.00. The molecule has 0 atom stereocenters. The number of amides is 1. The van der Waals surface area contributed by atoms with E-state index in [2.05, 4.69) is 20.1 Å². The van der Waals surface area contributed by atoms with Crippen LogP contribution in [0.4, 0.5) is 4.79 Å². The van der Waals surface area contributed by atoms with Crippen LogP contribution in [0.15, 0.2) is 35.9 Å². The van der Waals surface area contributed by atoms with Gasteiger partial charge < -0.3 is 19.2 Å². The zero-order valence-corrected chi connectivity index (χ0v) is 17.7. The van der Waals surface area contributed by atoms with E-state index in [0.717, 1.165) is 5.69 Å². The van der Waals surface area contributed by atoms with Crippen LogP contribution in [0, 0.1) is 6.92 Å². The van der Waals surface area contributed by atoms with E-state index in [1.165, 1.54) is 6.33 Å². The third-order valence-corrected chi connectivity index (χ3v) is 4.61. The molecule has 0 N–H and O–H groups in total. The van der Waals surface area contributed by atoms with E-state index in [9.17, 15) is 4.79 Å². The number of piperidine rings is 1. The molecule has 3 rings (SSSR count). The van der Waals surface area contributed by atoms with Crippen molar-refractivity contribution in [2.45, 2.75) is 52.7 Å². The average Bonchev–Trinajstić information content (AvgIpc) is 2.74. The summed E-state index contributed by atoms with van der Waals surface area (Å²) in [4.78, 5) is 31.9. The van der Waals surface area contributed by atoms with Crippen LogP contribution in [0.25, 0.3) is 0 Å². The number of ether oxygens (including phenoxy) is 2. The first-order valence-electron chi connectivity index (χ1n) is 10.0. The minimum Gasteiger partial charge on any atom is -0.474 e. The van der Waals surface area contributed by atoms with Gasteiger partial charge in [0.05, 0.1) is 17.4 Å². The number of carbonyl (C=O) groups excluding carboxylic acids is 1. The summed E-state index contributed by atoms with van der Waals surface area (Å²) in [6.45, 7) is 8.48. The van der Waals surface area contributed by atoms with Crippen molar-refractivity contribution in [1.29, 1.82) is 0 Å². The first kappa shape index (κ1) is 21.5. The number of pyridine rings is 1. The molecule has 1 aliphatic heterocycles. The highest BCUT2D eigenvalue weighted by Gasteiger charge is 2.26. The van der Waals surface area contributed by atoms with Crippen molar-refractivity contribution in [3.63, 3.8) is 0 Å². The molecule has 3 heterocycles. The first-order valence-corrected chi connectivity index (χ1v) is 10.0. The topological polar surface area (TPSA) is 99.0 Å². The lowest BCUT2D eigenvalue weighted by atomic mass is 10.1. The quantitative estimate of drug-likeness (QED) is 0.529. The van der Waals surface area contributed by atoms with Crippen LogP contribution < -0.4 is 9.57 Å². The predicted octanol–water partition coefficient (Wildman–Crippen LogP) is 3.37. The summed E-state index contributed by atoms with van der Waals surface area (Å²) in [6.07, 6.45) is 4.03. The van der Waals surface area contributed by atoms with E-state index < -0.39 is 0 Å². The van der Waals surface area contributed by atoms with Gasteiger partial charge in [0.15, 0.2) is 0 Å². The Labute approximate surface area is 176 Å². The number of hydrogen-bond donors (Lipinski definition) is 0. The Bertz CT molecular complexity index is 880. The Morgan fingerprint density at radius 1 is 1.17 bits per heavy atom. The standard InChI is InChI=1S/C21H27N5O4/c1-14(2)28-21(27)26-11-8-17(9-12-26)29-19-15(3)20(24-13-23-19)30-25-16(4)18-7-5-6-10-22-18/h5-7,10,13-14,17H,8-9,11-12H2,1-4H3/b25-16-. The van der Waals surface area contributed by atoms with Crippen molar-refractivity contribution in [2.75, 3.05) is 13.1 Å². The van der Waals surface area contributed by atoms with Gasteiger partial charge in [-0.1, -0.05) is 11.2 Å². The molecule has 1 fully saturated rings. The Balaban J connectivity index is 1.59. The number of hydrogen-bond acceptors (Lipinski definition) is 8. The van der Waals surface area contributed by atoms with Gasteiger partial charge in [-0.3, -0.25) is 4.98 Å². The molecule has 0 bridgehead atoms. The van der Waals surface area contributed by atoms with Crippen molar-refractivity contribution in [1.82, 2.24) is 19.9 Å². The molecule has 0 aromatic carbocycles. The maximum absolute atomic E-state index is 12.0. The summed E-state index contributed by atoms with van der Waals surface area (Å²) < 4.78 is 11.3. The zero-order valence-electron chi connectivity index (χ0n) is 17.7. The van der Waals surface area contributed by atoms with Gasteiger partial charge in [0.2, 0.25) is 5.88 Å². The van der Waals surface area contributed by atoms with Crippen molar-refractivity contribution in [3.05, 3.63) is 42.0 Å². The second-order valence-electron chi connectivity index (χ2n) is 7.33. The summed E-state index contributed by atoms with van der Waals surface area (Å²) in [5, 5.41) is 4.12. The van der Waals surface area contributed by atoms with E-state index in [4.69, 9.17) is 14.3 Å². The fraction of sp³-hybridized carbons (Fsp3) is 0.476. The molecule has 9 heteroatoms. The highest BCUT2D eigenvalue weighted by Crippen LogP contribution is 2.26. The number of carbonyl (C=O) groups is 1. The molecule has 2 aromatic rings. The van der Waals surface area contributed by atoms with Gasteiger partial charge in [-0.25, -0.2) is 9.78 Å². The zero-order chi connectivity index (χ0) is 21.5. The third kappa shape index (κ3) is 5.65. The Hall–Kier alpha value is -3.23. The molecule has 0 radical (unpaired) electrons. The van der Waals surface area contributed by atoms with Gasteiger partial charge in [-0.2, -0.15) is 4.98 Å². The van der Waals surface area contributed by atoms with Crippen LogP contribution in [-0.2, 0) is 4.74 Å². The Morgan fingerprint density at radius 3 is 2.57 bits per heavy atom. The van der Waals surface area contributed by atoms with E-state index in [0.29, 0.717) is 49.0 Å². The maximum Gasteiger partial charge on any atom is 0.410 e. The Kier molecular flexibility index (Phi) is 7.16. The maximum atomic E-state index is 12.0. The lowest BCUT2D eigenvalue weighted by molar-refractivity contribution is 0.0504. The molecular weight excluding hydrogens is 386 g/mol. The summed E-state index contributed by atoms with van der Waals surface area (Å²) in [5.41, 5.74) is 2.02. The number of likely N-dealkylation sites (tertiary alicyclic amines) is 1. The van der Waals surface area contributed by atoms with Gasteiger partial charge in [0.1, 0.15) is 18.1 Å². The van der Waals surface area contributed by atoms with E-state index in [-0.39, 0.29) is 18.3 Å². The highest BCUT2D eigenvalue weighted by atomic mass is 16.6. The number of rotatable bonds is 6. The summed E-state index contributed by atoms with van der Waals surface area (Å²) in [7, 11) is 0. The SMILES string of the molecule is C/C(=N/Oc1ncnc(OC2CCN(C(=O)OC(C)C)CC2)c1C)c1ccccn1. The monoisotopic (exact) mass is 413 g/mol. The van der Waals surface area contributed by atoms with Crippen molar-refractivity contribution in [3.8, 4) is 11.8 Å². The van der Waals surface area contributed by atoms with Crippen molar-refractivity contribution >= 4 is 11.8 Å². The van der Waals surface area contributed by atoms with Gasteiger partial charge in [-0.15, -0.1) is 0 Å². The number of aromatic nitrogens is 3. The van der Waals surface area contributed by atoms with Crippen LogP contribution in [-0.4, -0.2) is 57.0 Å². The fourth-order valence-electron chi connectivity index (χ4n) is 2.96. The third-order valence-electron chi connectivity index (χ3n) is 4.61. The van der Waals surface area contributed by atoms with E-state index in [1.54, 1.807) is 11.1 Å². The number of nitrogens with zero attached hydrogens (tertiary/aromatic N) is 5. The van der Waals surface area contributed by atoms with Gasteiger partial charge in [0.25, 0.3) is 5.88 Å². The summed E-state index contributed by atoms with van der Waals surface area (Å²) in [5.74, 6) is 0.780. The molecule has 0 aliphatic carbocycles. The van der Waals surface area contributed by atoms with Gasteiger partial charge in [0, 0.05) is 32.1 Å². The van der Waals surface area contributed by atoms with E-state index in [1.807, 2.05) is 45.9 Å². The minimum atomic E-state index is -0.279. The molecule has 0 unspecified atom stereocenters. The van der Waals surface area contributed by atoms with Gasteiger partial charge in [-0.05, 0) is 39.8 Å². The minimum absolute atomic E-state index is 0.0479. The van der Waals surface area contributed by atoms with Crippen molar-refractivity contribution < 1.29 is 19.1 Å². The van der Waals surface area contributed by atoms with Crippen LogP contribution in [0.2, 0.25) is 0 Å². The van der Waals surface area contributed by atoms with Crippen LogP contribution >= 0.6 is 0 Å². The average molecular weight is 413 g/mol. The first-order chi connectivity index (χ1) is 14.4. The lowest BCUT2D eigenvalue weighted by Gasteiger charge is -2.31. The highest BCUT2D eigenvalue weighted by molar-refractivity contribution is 5.96. The molecule has 160 valence electrons.